The maximum atomic E-state index is 13.5. The van der Waals surface area contributed by atoms with Crippen LogP contribution in [0, 0.1) is 11.8 Å². The molecule has 1 atom stereocenters. The van der Waals surface area contributed by atoms with Crippen LogP contribution in [-0.4, -0.2) is 29.4 Å². The number of carbonyl (C=O) groups excluding carboxylic acids is 3. The Balaban J connectivity index is 1.56. The molecule has 2 amide bonds. The number of benzene rings is 1. The van der Waals surface area contributed by atoms with Crippen molar-refractivity contribution < 1.29 is 23.5 Å². The van der Waals surface area contributed by atoms with Crippen LogP contribution in [0.25, 0.3) is 11.1 Å². The molecule has 0 radical (unpaired) electrons. The van der Waals surface area contributed by atoms with Crippen LogP contribution in [-0.2, 0) is 17.7 Å². The molecule has 2 N–H and O–H groups in total. The largest absolute Gasteiger partial charge is 0.467 e. The molecule has 2 aliphatic rings. The van der Waals surface area contributed by atoms with Crippen molar-refractivity contribution in [2.75, 3.05) is 6.61 Å². The number of amides is 2. The standard InChI is InChI=1S/C32H37N3O5/c1-4-39-32(38)26-24(16-11-20-8-5-6-9-20)34-29-27(31(37)35-28(29)19(2)3)25(26)21-12-14-22(15-13-21)30(36)33-18-23-10-7-17-40-23/h7,10,12-15,17,19-20,28H,4-6,8-9,11,16,18H2,1-3H3,(H,33,36)(H,35,37). The van der Waals surface area contributed by atoms with Gasteiger partial charge in [-0.25, -0.2) is 4.79 Å². The number of rotatable bonds is 10. The van der Waals surface area contributed by atoms with E-state index in [9.17, 15) is 14.4 Å². The quantitative estimate of drug-likeness (QED) is 0.303. The van der Waals surface area contributed by atoms with Gasteiger partial charge in [0.1, 0.15) is 5.76 Å². The number of hydrogen-bond acceptors (Lipinski definition) is 6. The van der Waals surface area contributed by atoms with Crippen molar-refractivity contribution >= 4 is 17.8 Å². The number of furan rings is 1. The Morgan fingerprint density at radius 2 is 1.88 bits per heavy atom. The van der Waals surface area contributed by atoms with Crippen molar-refractivity contribution in [1.82, 2.24) is 15.6 Å². The Labute approximate surface area is 234 Å². The van der Waals surface area contributed by atoms with Crippen LogP contribution >= 0.6 is 0 Å². The summed E-state index contributed by atoms with van der Waals surface area (Å²) in [6, 6.07) is 10.3. The molecule has 40 heavy (non-hydrogen) atoms. The van der Waals surface area contributed by atoms with Crippen molar-refractivity contribution in [3.05, 3.63) is 76.5 Å². The highest BCUT2D eigenvalue weighted by atomic mass is 16.5. The molecular formula is C32H37N3O5. The molecular weight excluding hydrogens is 506 g/mol. The Hall–Kier alpha value is -3.94. The summed E-state index contributed by atoms with van der Waals surface area (Å²) in [6.07, 6.45) is 8.04. The number of fused-ring (bicyclic) bond motifs is 1. The molecule has 1 aliphatic heterocycles. The minimum absolute atomic E-state index is 0.127. The number of esters is 1. The van der Waals surface area contributed by atoms with E-state index in [0.717, 1.165) is 6.42 Å². The highest BCUT2D eigenvalue weighted by Crippen LogP contribution is 2.40. The van der Waals surface area contributed by atoms with Gasteiger partial charge in [0, 0.05) is 11.1 Å². The van der Waals surface area contributed by atoms with Gasteiger partial charge in [0.15, 0.2) is 0 Å². The van der Waals surface area contributed by atoms with E-state index in [-0.39, 0.29) is 36.9 Å². The van der Waals surface area contributed by atoms with Crippen LogP contribution < -0.4 is 10.6 Å². The van der Waals surface area contributed by atoms with Gasteiger partial charge in [0.2, 0.25) is 0 Å². The first-order valence-electron chi connectivity index (χ1n) is 14.3. The SMILES string of the molecule is CCOC(=O)c1c(CCC2CCCC2)nc2c(c1-c1ccc(C(=O)NCc3ccco3)cc1)C(=O)NC2C(C)C. The third kappa shape index (κ3) is 5.67. The normalized spacial score (nSPS) is 16.7. The van der Waals surface area contributed by atoms with Gasteiger partial charge >= 0.3 is 5.97 Å². The summed E-state index contributed by atoms with van der Waals surface area (Å²) < 4.78 is 10.8. The summed E-state index contributed by atoms with van der Waals surface area (Å²) in [4.78, 5) is 44.6. The fraction of sp³-hybridized carbons (Fsp3) is 0.438. The molecule has 3 aromatic rings. The number of pyridine rings is 1. The van der Waals surface area contributed by atoms with Gasteiger partial charge < -0.3 is 19.8 Å². The summed E-state index contributed by atoms with van der Waals surface area (Å²) in [5, 5.41) is 5.93. The maximum absolute atomic E-state index is 13.5. The molecule has 3 heterocycles. The summed E-state index contributed by atoms with van der Waals surface area (Å²) in [5.41, 5.74) is 3.81. The molecule has 0 bridgehead atoms. The van der Waals surface area contributed by atoms with Gasteiger partial charge in [0.25, 0.3) is 11.8 Å². The number of nitrogens with one attached hydrogen (secondary N) is 2. The molecule has 0 spiro atoms. The lowest BCUT2D eigenvalue weighted by Gasteiger charge is -2.20. The van der Waals surface area contributed by atoms with Crippen LogP contribution in [0.15, 0.2) is 47.1 Å². The fourth-order valence-electron chi connectivity index (χ4n) is 5.88. The minimum atomic E-state index is -0.477. The molecule has 1 fully saturated rings. The molecule has 1 unspecified atom stereocenters. The van der Waals surface area contributed by atoms with Crippen LogP contribution in [0.2, 0.25) is 0 Å². The van der Waals surface area contributed by atoms with E-state index in [1.807, 2.05) is 0 Å². The van der Waals surface area contributed by atoms with Crippen molar-refractivity contribution in [3.63, 3.8) is 0 Å². The minimum Gasteiger partial charge on any atom is -0.467 e. The Morgan fingerprint density at radius 1 is 1.12 bits per heavy atom. The molecule has 8 nitrogen and oxygen atoms in total. The highest BCUT2D eigenvalue weighted by molar-refractivity contribution is 6.11. The third-order valence-corrected chi connectivity index (χ3v) is 7.96. The zero-order valence-electron chi connectivity index (χ0n) is 23.4. The molecule has 2 aromatic heterocycles. The van der Waals surface area contributed by atoms with Gasteiger partial charge in [-0.3, -0.25) is 14.6 Å². The van der Waals surface area contributed by atoms with Crippen molar-refractivity contribution in [2.45, 2.75) is 71.9 Å². The Kier molecular flexibility index (Phi) is 8.33. The smallest absolute Gasteiger partial charge is 0.340 e. The second-order valence-electron chi connectivity index (χ2n) is 11.0. The van der Waals surface area contributed by atoms with E-state index in [1.165, 1.54) is 25.7 Å². The highest BCUT2D eigenvalue weighted by Gasteiger charge is 2.38. The average Bonchev–Trinajstić information content (AvgIpc) is 3.72. The van der Waals surface area contributed by atoms with Crippen molar-refractivity contribution in [2.24, 2.45) is 11.8 Å². The van der Waals surface area contributed by atoms with Crippen molar-refractivity contribution in [1.29, 1.82) is 0 Å². The summed E-state index contributed by atoms with van der Waals surface area (Å²) in [7, 11) is 0. The van der Waals surface area contributed by atoms with E-state index in [4.69, 9.17) is 14.1 Å². The fourth-order valence-corrected chi connectivity index (χ4v) is 5.88. The van der Waals surface area contributed by atoms with Gasteiger partial charge in [-0.05, 0) is 61.4 Å². The predicted molar refractivity (Wildman–Crippen MR) is 151 cm³/mol. The van der Waals surface area contributed by atoms with E-state index in [2.05, 4.69) is 24.5 Å². The summed E-state index contributed by atoms with van der Waals surface area (Å²) >= 11 is 0. The lowest BCUT2D eigenvalue weighted by atomic mass is 9.88. The zero-order valence-corrected chi connectivity index (χ0v) is 23.4. The third-order valence-electron chi connectivity index (χ3n) is 7.96. The van der Waals surface area contributed by atoms with E-state index in [0.29, 0.717) is 57.3 Å². The van der Waals surface area contributed by atoms with E-state index >= 15 is 0 Å². The lowest BCUT2D eigenvalue weighted by molar-refractivity contribution is 0.0525. The number of carbonyl (C=O) groups is 3. The maximum Gasteiger partial charge on any atom is 0.340 e. The Morgan fingerprint density at radius 3 is 2.52 bits per heavy atom. The lowest BCUT2D eigenvalue weighted by Crippen LogP contribution is -2.23. The van der Waals surface area contributed by atoms with E-state index in [1.54, 1.807) is 49.6 Å². The number of hydrogen-bond donors (Lipinski definition) is 2. The predicted octanol–water partition coefficient (Wildman–Crippen LogP) is 6.01. The molecule has 210 valence electrons. The van der Waals surface area contributed by atoms with Crippen LogP contribution in [0.1, 0.15) is 107 Å². The molecule has 1 aliphatic carbocycles. The first-order valence-corrected chi connectivity index (χ1v) is 14.3. The van der Waals surface area contributed by atoms with Gasteiger partial charge in [-0.15, -0.1) is 0 Å². The van der Waals surface area contributed by atoms with E-state index < -0.39 is 5.97 Å². The molecule has 8 heteroatoms. The Bertz CT molecular complexity index is 1370. The first kappa shape index (κ1) is 27.6. The second-order valence-corrected chi connectivity index (χ2v) is 11.0. The number of aryl methyl sites for hydroxylation is 1. The summed E-state index contributed by atoms with van der Waals surface area (Å²) in [5.74, 6) is 0.436. The number of ether oxygens (including phenoxy) is 1. The average molecular weight is 544 g/mol. The van der Waals surface area contributed by atoms with Gasteiger partial charge in [0.05, 0.1) is 48.0 Å². The van der Waals surface area contributed by atoms with Crippen LogP contribution in [0.3, 0.4) is 0 Å². The molecule has 1 aromatic carbocycles. The van der Waals surface area contributed by atoms with Crippen LogP contribution in [0.5, 0.6) is 0 Å². The molecule has 1 saturated carbocycles. The van der Waals surface area contributed by atoms with Crippen LogP contribution in [0.4, 0.5) is 0 Å². The second kappa shape index (κ2) is 12.1. The number of aromatic nitrogens is 1. The molecule has 5 rings (SSSR count). The van der Waals surface area contributed by atoms with Gasteiger partial charge in [-0.2, -0.15) is 0 Å². The first-order chi connectivity index (χ1) is 19.4. The molecule has 0 saturated heterocycles. The number of nitrogens with zero attached hydrogens (tertiary/aromatic N) is 1. The zero-order chi connectivity index (χ0) is 28.2. The van der Waals surface area contributed by atoms with Gasteiger partial charge in [-0.1, -0.05) is 51.7 Å². The monoisotopic (exact) mass is 543 g/mol. The summed E-state index contributed by atoms with van der Waals surface area (Å²) in [6.45, 7) is 6.37. The van der Waals surface area contributed by atoms with Crippen molar-refractivity contribution in [3.8, 4) is 11.1 Å². The topological polar surface area (TPSA) is 111 Å².